The van der Waals surface area contributed by atoms with Crippen molar-refractivity contribution >= 4 is 5.97 Å². The molecule has 0 aromatic carbocycles. The van der Waals surface area contributed by atoms with E-state index in [1.165, 1.54) is 0 Å². The minimum Gasteiger partial charge on any atom is -0.457 e. The number of hydrogen-bond donors (Lipinski definition) is 0. The number of esters is 1. The first-order valence-corrected chi connectivity index (χ1v) is 4.89. The molecule has 0 saturated carbocycles. The Morgan fingerprint density at radius 2 is 1.75 bits per heavy atom. The lowest BCUT2D eigenvalue weighted by Crippen LogP contribution is -2.25. The fraction of sp³-hybridized carbons (Fsp3) is 0.417. The lowest BCUT2D eigenvalue weighted by molar-refractivity contribution is -0.172. The second-order valence-electron chi connectivity index (χ2n) is 3.05. The summed E-state index contributed by atoms with van der Waals surface area (Å²) in [6.07, 6.45) is 2.56. The van der Waals surface area contributed by atoms with Crippen molar-refractivity contribution in [1.82, 2.24) is 0 Å². The summed E-state index contributed by atoms with van der Waals surface area (Å²) in [4.78, 5) is 11.1. The third-order valence-corrected chi connectivity index (χ3v) is 1.50. The first kappa shape index (κ1) is 14.6. The van der Waals surface area contributed by atoms with Gasteiger partial charge < -0.3 is 14.2 Å². The molecule has 16 heavy (non-hydrogen) atoms. The summed E-state index contributed by atoms with van der Waals surface area (Å²) in [5.41, 5.74) is 0.339. The molecule has 0 aliphatic heterocycles. The van der Waals surface area contributed by atoms with Gasteiger partial charge in [-0.1, -0.05) is 18.7 Å². The number of carbonyl (C=O) groups excluding carboxylic acids is 1. The fourth-order valence-electron chi connectivity index (χ4n) is 0.762. The van der Waals surface area contributed by atoms with Gasteiger partial charge in [0.15, 0.2) is 6.29 Å². The predicted molar refractivity (Wildman–Crippen MR) is 61.9 cm³/mol. The Labute approximate surface area is 96.2 Å². The third kappa shape index (κ3) is 6.98. The molecule has 0 heterocycles. The van der Waals surface area contributed by atoms with Crippen LogP contribution in [-0.4, -0.2) is 32.1 Å². The van der Waals surface area contributed by atoms with Gasteiger partial charge in [-0.3, -0.25) is 0 Å². The molecule has 0 amide bonds. The molecule has 0 aromatic heterocycles. The smallest absolute Gasteiger partial charge is 0.333 e. The highest BCUT2D eigenvalue weighted by atomic mass is 16.7. The maximum Gasteiger partial charge on any atom is 0.333 e. The Morgan fingerprint density at radius 1 is 1.25 bits per heavy atom. The van der Waals surface area contributed by atoms with Crippen LogP contribution >= 0.6 is 0 Å². The zero-order valence-corrected chi connectivity index (χ0v) is 9.61. The van der Waals surface area contributed by atoms with Crippen LogP contribution < -0.4 is 0 Å². The molecule has 4 heteroatoms. The van der Waals surface area contributed by atoms with Gasteiger partial charge in [0.25, 0.3) is 0 Å². The van der Waals surface area contributed by atoms with Gasteiger partial charge in [-0.25, -0.2) is 4.79 Å². The van der Waals surface area contributed by atoms with Crippen LogP contribution in [0.3, 0.4) is 0 Å². The standard InChI is InChI=1S/C12H18O4/c1-5-7-14-11(15-8-6-2)9-16-12(13)10(3)4/h5-6,11H,1-3,7-9H2,4H3. The second-order valence-corrected chi connectivity index (χ2v) is 3.05. The molecule has 0 aliphatic carbocycles. The highest BCUT2D eigenvalue weighted by molar-refractivity contribution is 5.86. The van der Waals surface area contributed by atoms with Crippen molar-refractivity contribution in [3.63, 3.8) is 0 Å². The zero-order valence-electron chi connectivity index (χ0n) is 9.61. The van der Waals surface area contributed by atoms with Gasteiger partial charge >= 0.3 is 5.97 Å². The van der Waals surface area contributed by atoms with E-state index in [1.54, 1.807) is 19.1 Å². The van der Waals surface area contributed by atoms with Gasteiger partial charge in [-0.05, 0) is 6.92 Å². The lowest BCUT2D eigenvalue weighted by Gasteiger charge is -2.16. The summed E-state index contributed by atoms with van der Waals surface area (Å²) in [5.74, 6) is -0.464. The normalized spacial score (nSPS) is 9.88. The van der Waals surface area contributed by atoms with E-state index < -0.39 is 12.3 Å². The Balaban J connectivity index is 3.98. The molecule has 0 bridgehead atoms. The molecule has 90 valence electrons. The number of carbonyl (C=O) groups is 1. The van der Waals surface area contributed by atoms with E-state index in [1.807, 2.05) is 0 Å². The molecule has 0 N–H and O–H groups in total. The molecule has 0 unspecified atom stereocenters. The van der Waals surface area contributed by atoms with Crippen LogP contribution in [0, 0.1) is 0 Å². The van der Waals surface area contributed by atoms with Crippen LogP contribution in [0.4, 0.5) is 0 Å². The van der Waals surface area contributed by atoms with Gasteiger partial charge in [0.2, 0.25) is 0 Å². The molecule has 0 spiro atoms. The molecule has 4 nitrogen and oxygen atoms in total. The summed E-state index contributed by atoms with van der Waals surface area (Å²) in [7, 11) is 0. The maximum absolute atomic E-state index is 11.1. The van der Waals surface area contributed by atoms with Gasteiger partial charge in [-0.15, -0.1) is 13.2 Å². The number of rotatable bonds is 9. The van der Waals surface area contributed by atoms with Crippen molar-refractivity contribution in [1.29, 1.82) is 0 Å². The molecule has 0 radical (unpaired) electrons. The van der Waals surface area contributed by atoms with Crippen LogP contribution in [0.25, 0.3) is 0 Å². The average molecular weight is 226 g/mol. The fourth-order valence-corrected chi connectivity index (χ4v) is 0.762. The predicted octanol–water partition coefficient (Wildman–Crippen LogP) is 1.84. The molecular formula is C12H18O4. The zero-order chi connectivity index (χ0) is 12.4. The summed E-state index contributed by atoms with van der Waals surface area (Å²) < 4.78 is 15.4. The number of hydrogen-bond acceptors (Lipinski definition) is 4. The molecule has 0 fully saturated rings. The van der Waals surface area contributed by atoms with E-state index in [2.05, 4.69) is 19.7 Å². The Bertz CT molecular complexity index is 246. The van der Waals surface area contributed by atoms with Crippen molar-refractivity contribution < 1.29 is 19.0 Å². The average Bonchev–Trinajstić information content (AvgIpc) is 2.27. The SMILES string of the molecule is C=CCOC(COC(=O)C(=C)C)OCC=C. The summed E-state index contributed by atoms with van der Waals surface area (Å²) >= 11 is 0. The highest BCUT2D eigenvalue weighted by Crippen LogP contribution is 2.00. The van der Waals surface area contributed by atoms with Crippen molar-refractivity contribution in [3.8, 4) is 0 Å². The van der Waals surface area contributed by atoms with Crippen LogP contribution in [0.1, 0.15) is 6.92 Å². The third-order valence-electron chi connectivity index (χ3n) is 1.50. The molecule has 0 saturated heterocycles. The maximum atomic E-state index is 11.1. The van der Waals surface area contributed by atoms with Gasteiger partial charge in [0.05, 0.1) is 13.2 Å². The summed E-state index contributed by atoms with van der Waals surface area (Å²) in [6.45, 7) is 12.7. The largest absolute Gasteiger partial charge is 0.457 e. The van der Waals surface area contributed by atoms with Crippen molar-refractivity contribution in [2.24, 2.45) is 0 Å². The Kier molecular flexibility index (Phi) is 8.11. The molecule has 0 aromatic rings. The van der Waals surface area contributed by atoms with E-state index in [-0.39, 0.29) is 6.61 Å². The highest BCUT2D eigenvalue weighted by Gasteiger charge is 2.12. The monoisotopic (exact) mass is 226 g/mol. The number of ether oxygens (including phenoxy) is 3. The van der Waals surface area contributed by atoms with Crippen LogP contribution in [0.5, 0.6) is 0 Å². The molecule has 0 aliphatic rings. The van der Waals surface area contributed by atoms with Gasteiger partial charge in [0, 0.05) is 5.57 Å². The minimum absolute atomic E-state index is 0.0212. The second kappa shape index (κ2) is 8.88. The topological polar surface area (TPSA) is 44.8 Å². The lowest BCUT2D eigenvalue weighted by atomic mass is 10.4. The van der Waals surface area contributed by atoms with E-state index in [0.717, 1.165) is 0 Å². The molecule has 0 atom stereocenters. The molecular weight excluding hydrogens is 208 g/mol. The van der Waals surface area contributed by atoms with Crippen LogP contribution in [0.15, 0.2) is 37.5 Å². The van der Waals surface area contributed by atoms with E-state index in [0.29, 0.717) is 18.8 Å². The van der Waals surface area contributed by atoms with E-state index in [4.69, 9.17) is 14.2 Å². The van der Waals surface area contributed by atoms with Crippen molar-refractivity contribution in [2.45, 2.75) is 13.2 Å². The van der Waals surface area contributed by atoms with Gasteiger partial charge in [-0.2, -0.15) is 0 Å². The Hall–Kier alpha value is -1.39. The summed E-state index contributed by atoms with van der Waals surface area (Å²) in [6, 6.07) is 0. The van der Waals surface area contributed by atoms with Crippen molar-refractivity contribution in [2.75, 3.05) is 19.8 Å². The minimum atomic E-state index is -0.612. The summed E-state index contributed by atoms with van der Waals surface area (Å²) in [5, 5.41) is 0. The van der Waals surface area contributed by atoms with Gasteiger partial charge in [0.1, 0.15) is 6.61 Å². The molecule has 0 rings (SSSR count). The first-order valence-electron chi connectivity index (χ1n) is 4.89. The first-order chi connectivity index (χ1) is 7.61. The quantitative estimate of drug-likeness (QED) is 0.260. The van der Waals surface area contributed by atoms with E-state index in [9.17, 15) is 4.79 Å². The van der Waals surface area contributed by atoms with Crippen molar-refractivity contribution in [3.05, 3.63) is 37.5 Å². The van der Waals surface area contributed by atoms with Crippen LogP contribution in [0.2, 0.25) is 0 Å². The van der Waals surface area contributed by atoms with E-state index >= 15 is 0 Å². The Morgan fingerprint density at radius 3 is 2.12 bits per heavy atom. The van der Waals surface area contributed by atoms with Crippen LogP contribution in [-0.2, 0) is 19.0 Å².